The molecule has 1 aromatic rings. The van der Waals surface area contributed by atoms with E-state index in [0.29, 0.717) is 12.5 Å². The lowest BCUT2D eigenvalue weighted by atomic mass is 9.78. The lowest BCUT2D eigenvalue weighted by molar-refractivity contribution is -0.120. The van der Waals surface area contributed by atoms with Crippen molar-refractivity contribution in [2.24, 2.45) is 0 Å². The van der Waals surface area contributed by atoms with Crippen molar-refractivity contribution in [3.8, 4) is 0 Å². The molecule has 1 fully saturated rings. The van der Waals surface area contributed by atoms with Crippen molar-refractivity contribution < 1.29 is 4.79 Å². The Hall–Kier alpha value is -1.35. The van der Waals surface area contributed by atoms with E-state index < -0.39 is 0 Å². The van der Waals surface area contributed by atoms with Crippen molar-refractivity contribution in [1.29, 1.82) is 0 Å². The van der Waals surface area contributed by atoms with Gasteiger partial charge < -0.3 is 10.6 Å². The van der Waals surface area contributed by atoms with Crippen molar-refractivity contribution in [2.45, 2.75) is 50.9 Å². The quantitative estimate of drug-likeness (QED) is 0.845. The second-order valence-electron chi connectivity index (χ2n) is 6.57. The third kappa shape index (κ3) is 3.85. The van der Waals surface area contributed by atoms with Gasteiger partial charge in [-0.1, -0.05) is 51.0 Å². The van der Waals surface area contributed by atoms with Gasteiger partial charge >= 0.3 is 0 Å². The second kappa shape index (κ2) is 7.08. The van der Waals surface area contributed by atoms with E-state index >= 15 is 0 Å². The third-order valence-electron chi connectivity index (χ3n) is 4.71. The summed E-state index contributed by atoms with van der Waals surface area (Å²) in [6, 6.07) is 9.03. The van der Waals surface area contributed by atoms with Gasteiger partial charge in [-0.3, -0.25) is 4.79 Å². The first-order valence-electron chi connectivity index (χ1n) is 8.09. The zero-order valence-corrected chi connectivity index (χ0v) is 13.5. The highest BCUT2D eigenvalue weighted by Gasteiger charge is 2.35. The number of hydrogen-bond donors (Lipinski definition) is 2. The molecule has 3 heteroatoms. The number of amides is 1. The first-order valence-corrected chi connectivity index (χ1v) is 8.09. The molecule has 0 spiro atoms. The summed E-state index contributed by atoms with van der Waals surface area (Å²) in [6.45, 7) is 5.59. The molecule has 0 heterocycles. The molecule has 2 rings (SSSR count). The summed E-state index contributed by atoms with van der Waals surface area (Å²) in [7, 11) is 1.80. The van der Waals surface area contributed by atoms with Crippen molar-refractivity contribution in [3.63, 3.8) is 0 Å². The number of benzene rings is 1. The zero-order chi connectivity index (χ0) is 15.3. The number of rotatable bonds is 6. The van der Waals surface area contributed by atoms with Crippen LogP contribution in [0.3, 0.4) is 0 Å². The molecule has 0 unspecified atom stereocenters. The molecule has 0 saturated heterocycles. The summed E-state index contributed by atoms with van der Waals surface area (Å²) < 4.78 is 0. The van der Waals surface area contributed by atoms with Crippen molar-refractivity contribution in [3.05, 3.63) is 35.4 Å². The second-order valence-corrected chi connectivity index (χ2v) is 6.57. The smallest absolute Gasteiger partial charge is 0.233 e. The molecule has 0 radical (unpaired) electrons. The van der Waals surface area contributed by atoms with E-state index in [4.69, 9.17) is 0 Å². The fraction of sp³-hybridized carbons (Fsp3) is 0.611. The van der Waals surface area contributed by atoms with Crippen molar-refractivity contribution >= 4 is 5.91 Å². The standard InChI is InChI=1S/C18H28N2O/c1-14(2)15-6-8-16(9-7-15)18(10-4-5-11-18)13-20-17(21)12-19-3/h6-9,14,19H,4-5,10-13H2,1-3H3,(H,20,21). The summed E-state index contributed by atoms with van der Waals surface area (Å²) >= 11 is 0. The average molecular weight is 288 g/mol. The Kier molecular flexibility index (Phi) is 5.40. The molecule has 2 N–H and O–H groups in total. The van der Waals surface area contributed by atoms with E-state index in [9.17, 15) is 4.79 Å². The minimum absolute atomic E-state index is 0.0857. The van der Waals surface area contributed by atoms with Crippen LogP contribution in [-0.4, -0.2) is 26.0 Å². The van der Waals surface area contributed by atoms with Crippen LogP contribution in [0.4, 0.5) is 0 Å². The van der Waals surface area contributed by atoms with Crippen LogP contribution >= 0.6 is 0 Å². The lowest BCUT2D eigenvalue weighted by Gasteiger charge is -2.30. The van der Waals surface area contributed by atoms with Gasteiger partial charge in [0, 0.05) is 12.0 Å². The van der Waals surface area contributed by atoms with Gasteiger partial charge in [-0.2, -0.15) is 0 Å². The van der Waals surface area contributed by atoms with E-state index in [2.05, 4.69) is 48.7 Å². The molecule has 0 bridgehead atoms. The minimum Gasteiger partial charge on any atom is -0.354 e. The van der Waals surface area contributed by atoms with Gasteiger partial charge in [0.1, 0.15) is 0 Å². The van der Waals surface area contributed by atoms with Crippen LogP contribution < -0.4 is 10.6 Å². The maximum Gasteiger partial charge on any atom is 0.233 e. The van der Waals surface area contributed by atoms with Crippen molar-refractivity contribution in [1.82, 2.24) is 10.6 Å². The predicted octanol–water partition coefficient (Wildman–Crippen LogP) is 2.96. The lowest BCUT2D eigenvalue weighted by Crippen LogP contribution is -2.41. The Labute approximate surface area is 128 Å². The van der Waals surface area contributed by atoms with E-state index in [1.165, 1.54) is 36.8 Å². The van der Waals surface area contributed by atoms with E-state index in [-0.39, 0.29) is 11.3 Å². The molecule has 0 aromatic heterocycles. The molecular formula is C18H28N2O. The van der Waals surface area contributed by atoms with Gasteiger partial charge in [-0.05, 0) is 36.9 Å². The van der Waals surface area contributed by atoms with Crippen LogP contribution in [0.5, 0.6) is 0 Å². The van der Waals surface area contributed by atoms with Gasteiger partial charge in [-0.25, -0.2) is 0 Å². The number of hydrogen-bond acceptors (Lipinski definition) is 2. The summed E-state index contributed by atoms with van der Waals surface area (Å²) in [5, 5.41) is 6.00. The average Bonchev–Trinajstić information content (AvgIpc) is 2.96. The molecular weight excluding hydrogens is 260 g/mol. The highest BCUT2D eigenvalue weighted by molar-refractivity contribution is 5.78. The number of nitrogens with one attached hydrogen (secondary N) is 2. The van der Waals surface area contributed by atoms with Crippen LogP contribution in [0.1, 0.15) is 56.6 Å². The molecule has 21 heavy (non-hydrogen) atoms. The number of likely N-dealkylation sites (N-methyl/N-ethyl adjacent to an activating group) is 1. The SMILES string of the molecule is CNCC(=O)NCC1(c2ccc(C(C)C)cc2)CCCC1. The Morgan fingerprint density at radius 3 is 2.33 bits per heavy atom. The van der Waals surface area contributed by atoms with Gasteiger partial charge in [0.15, 0.2) is 0 Å². The molecule has 0 atom stereocenters. The number of carbonyl (C=O) groups is 1. The van der Waals surface area contributed by atoms with E-state index in [1.807, 2.05) is 0 Å². The van der Waals surface area contributed by atoms with Crippen LogP contribution in [0.2, 0.25) is 0 Å². The van der Waals surface area contributed by atoms with Gasteiger partial charge in [-0.15, -0.1) is 0 Å². The topological polar surface area (TPSA) is 41.1 Å². The Morgan fingerprint density at radius 1 is 1.19 bits per heavy atom. The molecule has 1 aliphatic carbocycles. The van der Waals surface area contributed by atoms with Crippen LogP contribution in [0.25, 0.3) is 0 Å². The fourth-order valence-electron chi connectivity index (χ4n) is 3.33. The molecule has 0 aliphatic heterocycles. The highest BCUT2D eigenvalue weighted by atomic mass is 16.1. The highest BCUT2D eigenvalue weighted by Crippen LogP contribution is 2.40. The summed E-state index contributed by atoms with van der Waals surface area (Å²) in [4.78, 5) is 11.7. The van der Waals surface area contributed by atoms with Crippen LogP contribution in [0, 0.1) is 0 Å². The minimum atomic E-state index is 0.0857. The van der Waals surface area contributed by atoms with Gasteiger partial charge in [0.2, 0.25) is 5.91 Å². The van der Waals surface area contributed by atoms with Crippen LogP contribution in [0.15, 0.2) is 24.3 Å². The molecule has 116 valence electrons. The molecule has 1 amide bonds. The van der Waals surface area contributed by atoms with Gasteiger partial charge in [0.25, 0.3) is 0 Å². The third-order valence-corrected chi connectivity index (χ3v) is 4.71. The number of carbonyl (C=O) groups excluding carboxylic acids is 1. The summed E-state index contributed by atoms with van der Waals surface area (Å²) in [6.07, 6.45) is 4.86. The summed E-state index contributed by atoms with van der Waals surface area (Å²) in [5.41, 5.74) is 2.90. The monoisotopic (exact) mass is 288 g/mol. The first-order chi connectivity index (χ1) is 10.1. The van der Waals surface area contributed by atoms with Gasteiger partial charge in [0.05, 0.1) is 6.54 Å². The van der Waals surface area contributed by atoms with Crippen LogP contribution in [-0.2, 0) is 10.2 Å². The maximum absolute atomic E-state index is 11.7. The largest absolute Gasteiger partial charge is 0.354 e. The maximum atomic E-state index is 11.7. The molecule has 1 saturated carbocycles. The Balaban J connectivity index is 2.12. The van der Waals surface area contributed by atoms with E-state index in [0.717, 1.165) is 6.54 Å². The fourth-order valence-corrected chi connectivity index (χ4v) is 3.33. The molecule has 1 aromatic carbocycles. The predicted molar refractivity (Wildman–Crippen MR) is 87.6 cm³/mol. The molecule has 3 nitrogen and oxygen atoms in total. The first kappa shape index (κ1) is 16.0. The normalized spacial score (nSPS) is 17.1. The van der Waals surface area contributed by atoms with Crippen molar-refractivity contribution in [2.75, 3.05) is 20.1 Å². The van der Waals surface area contributed by atoms with E-state index in [1.54, 1.807) is 7.05 Å². The zero-order valence-electron chi connectivity index (χ0n) is 13.5. The Bertz CT molecular complexity index is 459. The molecule has 1 aliphatic rings. The Morgan fingerprint density at radius 2 is 1.81 bits per heavy atom. The summed E-state index contributed by atoms with van der Waals surface area (Å²) in [5.74, 6) is 0.650.